The summed E-state index contributed by atoms with van der Waals surface area (Å²) in [4.78, 5) is 38.5. The predicted molar refractivity (Wildman–Crippen MR) is 129 cm³/mol. The van der Waals surface area contributed by atoms with Gasteiger partial charge < -0.3 is 10.1 Å². The first kappa shape index (κ1) is 24.5. The summed E-state index contributed by atoms with van der Waals surface area (Å²) in [5.41, 5.74) is 0.575. The second-order valence-corrected chi connectivity index (χ2v) is 10.4. The van der Waals surface area contributed by atoms with Gasteiger partial charge in [-0.25, -0.2) is 9.18 Å². The second-order valence-electron chi connectivity index (χ2n) is 9.40. The van der Waals surface area contributed by atoms with Crippen LogP contribution in [0.2, 0.25) is 0 Å². The summed E-state index contributed by atoms with van der Waals surface area (Å²) in [7, 11) is 0. The maximum absolute atomic E-state index is 13.1. The van der Waals surface area contributed by atoms with Crippen molar-refractivity contribution in [2.24, 2.45) is 17.8 Å². The minimum Gasteiger partial charge on any atom is -0.451 e. The number of carbonyl (C=O) groups excluding carboxylic acids is 3. The van der Waals surface area contributed by atoms with Crippen molar-refractivity contribution in [3.63, 3.8) is 0 Å². The molecule has 0 aromatic heterocycles. The van der Waals surface area contributed by atoms with E-state index in [9.17, 15) is 18.8 Å². The van der Waals surface area contributed by atoms with E-state index in [1.54, 1.807) is 24.3 Å². The Morgan fingerprint density at radius 1 is 1.06 bits per heavy atom. The fourth-order valence-electron chi connectivity index (χ4n) is 5.34. The number of ketones is 1. The van der Waals surface area contributed by atoms with Crippen LogP contribution in [0.15, 0.2) is 53.4 Å². The molecule has 0 aliphatic heterocycles. The highest BCUT2D eigenvalue weighted by molar-refractivity contribution is 8.00. The molecule has 7 heteroatoms. The fraction of sp³-hybridized carbons (Fsp3) is 0.444. The lowest BCUT2D eigenvalue weighted by atomic mass is 9.84. The van der Waals surface area contributed by atoms with E-state index in [1.165, 1.54) is 68.6 Å². The Kier molecular flexibility index (Phi) is 7.71. The first-order valence-corrected chi connectivity index (χ1v) is 12.8. The number of amides is 1. The zero-order chi connectivity index (χ0) is 24.2. The van der Waals surface area contributed by atoms with Crippen LogP contribution in [0.1, 0.15) is 60.2 Å². The summed E-state index contributed by atoms with van der Waals surface area (Å²) < 4.78 is 18.5. The van der Waals surface area contributed by atoms with Crippen molar-refractivity contribution < 1.29 is 23.5 Å². The third kappa shape index (κ3) is 5.69. The third-order valence-corrected chi connectivity index (χ3v) is 8.14. The molecular weight excluding hydrogens is 453 g/mol. The lowest BCUT2D eigenvalue weighted by molar-refractivity contribution is -0.119. The molecule has 2 aromatic rings. The van der Waals surface area contributed by atoms with E-state index in [0.717, 1.165) is 11.8 Å². The van der Waals surface area contributed by atoms with Crippen molar-refractivity contribution in [3.8, 4) is 0 Å². The van der Waals surface area contributed by atoms with Crippen molar-refractivity contribution in [3.05, 3.63) is 65.5 Å². The number of thioether (sulfide) groups is 1. The number of ether oxygens (including phenoxy) is 1. The van der Waals surface area contributed by atoms with Crippen LogP contribution >= 0.6 is 11.8 Å². The topological polar surface area (TPSA) is 72.5 Å². The van der Waals surface area contributed by atoms with E-state index in [-0.39, 0.29) is 23.3 Å². The Hall–Kier alpha value is -2.67. The van der Waals surface area contributed by atoms with Crippen LogP contribution in [0.5, 0.6) is 0 Å². The highest BCUT2D eigenvalue weighted by Gasteiger charge is 2.42. The molecule has 1 N–H and O–H groups in total. The molecule has 2 aliphatic rings. The van der Waals surface area contributed by atoms with Gasteiger partial charge in [-0.3, -0.25) is 9.59 Å². The van der Waals surface area contributed by atoms with Gasteiger partial charge in [-0.2, -0.15) is 0 Å². The largest absolute Gasteiger partial charge is 0.451 e. The number of halogens is 1. The monoisotopic (exact) mass is 483 g/mol. The highest BCUT2D eigenvalue weighted by Crippen LogP contribution is 2.49. The Bertz CT molecular complexity index is 1060. The Morgan fingerprint density at radius 3 is 2.47 bits per heavy atom. The third-order valence-electron chi connectivity index (χ3n) is 7.07. The fourth-order valence-corrected chi connectivity index (χ4v) is 6.19. The molecular formula is C27H30FNO4S. The predicted octanol–water partition coefficient (Wildman–Crippen LogP) is 5.29. The van der Waals surface area contributed by atoms with E-state index >= 15 is 0 Å². The molecule has 2 saturated carbocycles. The van der Waals surface area contributed by atoms with E-state index in [4.69, 9.17) is 4.74 Å². The van der Waals surface area contributed by atoms with Gasteiger partial charge >= 0.3 is 5.97 Å². The molecule has 1 amide bonds. The van der Waals surface area contributed by atoms with Gasteiger partial charge in [0, 0.05) is 16.5 Å². The van der Waals surface area contributed by atoms with Crippen molar-refractivity contribution in [2.45, 2.75) is 56.6 Å². The SMILES string of the molecule is C[C@H](NC(=O)CSc1ccccc1C(=O)O[C@H](C)C(=O)c1ccc(F)cc1)[C@@H]1C[C@@H]2CC[C@@H]1C2. The van der Waals surface area contributed by atoms with Gasteiger partial charge in [-0.15, -0.1) is 11.8 Å². The summed E-state index contributed by atoms with van der Waals surface area (Å²) in [5.74, 6) is 0.787. The van der Waals surface area contributed by atoms with Gasteiger partial charge in [0.15, 0.2) is 6.10 Å². The van der Waals surface area contributed by atoms with Crippen LogP contribution < -0.4 is 5.32 Å². The maximum atomic E-state index is 13.1. The highest BCUT2D eigenvalue weighted by atomic mass is 32.2. The molecule has 0 spiro atoms. The lowest BCUT2D eigenvalue weighted by Crippen LogP contribution is -2.40. The average Bonchev–Trinajstić information content (AvgIpc) is 3.47. The Balaban J connectivity index is 1.32. The Labute approximate surface area is 203 Å². The Morgan fingerprint density at radius 2 is 1.79 bits per heavy atom. The van der Waals surface area contributed by atoms with Crippen molar-refractivity contribution in [1.29, 1.82) is 0 Å². The standard InChI is InChI=1S/C27H30FNO4S/c1-16(23-14-18-7-8-20(23)13-18)29-25(30)15-34-24-6-4-3-5-22(24)27(32)33-17(2)26(31)19-9-11-21(28)12-10-19/h3-6,9-12,16-18,20,23H,7-8,13-15H2,1-2H3,(H,29,30)/t16-,17+,18+,20+,23-/m0/s1. The number of esters is 1. The molecule has 2 aromatic carbocycles. The van der Waals surface area contributed by atoms with Crippen LogP contribution in [0.4, 0.5) is 4.39 Å². The quantitative estimate of drug-likeness (QED) is 0.298. The zero-order valence-corrected chi connectivity index (χ0v) is 20.3. The number of nitrogens with one attached hydrogen (secondary N) is 1. The number of hydrogen-bond acceptors (Lipinski definition) is 5. The van der Waals surface area contributed by atoms with Crippen LogP contribution in [0, 0.1) is 23.6 Å². The number of carbonyl (C=O) groups is 3. The number of rotatable bonds is 9. The molecule has 0 unspecified atom stereocenters. The first-order valence-electron chi connectivity index (χ1n) is 11.8. The second kappa shape index (κ2) is 10.7. The van der Waals surface area contributed by atoms with Crippen molar-refractivity contribution >= 4 is 29.4 Å². The molecule has 5 atom stereocenters. The van der Waals surface area contributed by atoms with Crippen molar-refractivity contribution in [2.75, 3.05) is 5.75 Å². The molecule has 2 aliphatic carbocycles. The van der Waals surface area contributed by atoms with Gasteiger partial charge in [0.05, 0.1) is 11.3 Å². The summed E-state index contributed by atoms with van der Waals surface area (Å²) in [6, 6.07) is 12.2. The van der Waals surface area contributed by atoms with Crippen LogP contribution in [0.3, 0.4) is 0 Å². The zero-order valence-electron chi connectivity index (χ0n) is 19.5. The molecule has 34 heavy (non-hydrogen) atoms. The number of Topliss-reactive ketones (excluding diaryl/α,β-unsaturated/α-hetero) is 1. The molecule has 180 valence electrons. The minimum absolute atomic E-state index is 0.0525. The number of benzene rings is 2. The molecule has 2 fully saturated rings. The van der Waals surface area contributed by atoms with Gasteiger partial charge in [0.1, 0.15) is 5.82 Å². The molecule has 4 rings (SSSR count). The van der Waals surface area contributed by atoms with Gasteiger partial charge in [0.25, 0.3) is 0 Å². The van der Waals surface area contributed by atoms with Crippen LogP contribution in [-0.2, 0) is 9.53 Å². The maximum Gasteiger partial charge on any atom is 0.339 e. The van der Waals surface area contributed by atoms with Gasteiger partial charge in [-0.05, 0) is 87.3 Å². The smallest absolute Gasteiger partial charge is 0.339 e. The average molecular weight is 484 g/mol. The molecule has 0 saturated heterocycles. The van der Waals surface area contributed by atoms with E-state index in [2.05, 4.69) is 12.2 Å². The van der Waals surface area contributed by atoms with E-state index < -0.39 is 23.7 Å². The molecule has 2 bridgehead atoms. The number of fused-ring (bicyclic) bond motifs is 2. The van der Waals surface area contributed by atoms with Crippen LogP contribution in [0.25, 0.3) is 0 Å². The summed E-state index contributed by atoms with van der Waals surface area (Å²) in [6.07, 6.45) is 4.10. The molecule has 5 nitrogen and oxygen atoms in total. The molecule has 0 radical (unpaired) electrons. The first-order chi connectivity index (χ1) is 16.3. The van der Waals surface area contributed by atoms with Gasteiger partial charge in [-0.1, -0.05) is 18.6 Å². The van der Waals surface area contributed by atoms with E-state index in [1.807, 2.05) is 0 Å². The van der Waals surface area contributed by atoms with Crippen molar-refractivity contribution in [1.82, 2.24) is 5.32 Å². The normalized spacial score (nSPS) is 22.7. The van der Waals surface area contributed by atoms with E-state index in [0.29, 0.717) is 16.4 Å². The summed E-state index contributed by atoms with van der Waals surface area (Å²) in [6.45, 7) is 3.59. The van der Waals surface area contributed by atoms with Crippen LogP contribution in [-0.4, -0.2) is 35.6 Å². The summed E-state index contributed by atoms with van der Waals surface area (Å²) >= 11 is 1.28. The van der Waals surface area contributed by atoms with Gasteiger partial charge in [0.2, 0.25) is 11.7 Å². The molecule has 0 heterocycles. The lowest BCUT2D eigenvalue weighted by Gasteiger charge is -2.28. The number of hydrogen-bond donors (Lipinski definition) is 1. The summed E-state index contributed by atoms with van der Waals surface area (Å²) in [5, 5.41) is 3.15. The minimum atomic E-state index is -1.03.